The van der Waals surface area contributed by atoms with E-state index in [2.05, 4.69) is 14.9 Å². The highest BCUT2D eigenvalue weighted by Crippen LogP contribution is 2.46. The number of fused-ring (bicyclic) bond motifs is 1. The van der Waals surface area contributed by atoms with Gasteiger partial charge in [-0.15, -0.1) is 0 Å². The van der Waals surface area contributed by atoms with Gasteiger partial charge in [0, 0.05) is 44.5 Å². The van der Waals surface area contributed by atoms with Gasteiger partial charge in [0.2, 0.25) is 0 Å². The van der Waals surface area contributed by atoms with Crippen molar-refractivity contribution in [2.45, 2.75) is 45.1 Å². The fourth-order valence-corrected chi connectivity index (χ4v) is 4.32. The van der Waals surface area contributed by atoms with E-state index >= 15 is 0 Å². The lowest BCUT2D eigenvalue weighted by Crippen LogP contribution is -2.50. The van der Waals surface area contributed by atoms with Gasteiger partial charge in [-0.1, -0.05) is 0 Å². The SMILES string of the molecule is CC(C)(C)OC(=O)N1CCN(c2ncnc3c2c(C2CC2)cn3-c2cc(F)c(F)c(F)c2)CC1. The molecule has 0 N–H and O–H groups in total. The van der Waals surface area contributed by atoms with Crippen molar-refractivity contribution >= 4 is 22.9 Å². The van der Waals surface area contributed by atoms with Crippen molar-refractivity contribution in [2.75, 3.05) is 31.1 Å². The van der Waals surface area contributed by atoms with Crippen LogP contribution in [0.3, 0.4) is 0 Å². The first-order valence-electron chi connectivity index (χ1n) is 11.4. The quantitative estimate of drug-likeness (QED) is 0.513. The van der Waals surface area contributed by atoms with E-state index in [1.165, 1.54) is 6.33 Å². The minimum atomic E-state index is -1.50. The Kier molecular flexibility index (Phi) is 5.41. The number of aromatic nitrogens is 3. The zero-order valence-corrected chi connectivity index (χ0v) is 19.3. The van der Waals surface area contributed by atoms with Crippen LogP contribution >= 0.6 is 0 Å². The van der Waals surface area contributed by atoms with Crippen LogP contribution in [0.2, 0.25) is 0 Å². The van der Waals surface area contributed by atoms with Gasteiger partial charge >= 0.3 is 6.09 Å². The van der Waals surface area contributed by atoms with Gasteiger partial charge in [0.25, 0.3) is 0 Å². The zero-order chi connectivity index (χ0) is 24.2. The van der Waals surface area contributed by atoms with E-state index in [-0.39, 0.29) is 11.8 Å². The van der Waals surface area contributed by atoms with Crippen molar-refractivity contribution in [1.29, 1.82) is 0 Å². The molecule has 7 nitrogen and oxygen atoms in total. The molecule has 180 valence electrons. The molecule has 10 heteroatoms. The Balaban J connectivity index is 1.49. The van der Waals surface area contributed by atoms with Gasteiger partial charge in [-0.3, -0.25) is 0 Å². The molecule has 0 unspecified atom stereocenters. The number of carbonyl (C=O) groups excluding carboxylic acids is 1. The molecule has 1 aliphatic heterocycles. The molecule has 0 spiro atoms. The van der Waals surface area contributed by atoms with Crippen LogP contribution in [0.4, 0.5) is 23.8 Å². The molecule has 2 aromatic heterocycles. The Hall–Kier alpha value is -3.30. The van der Waals surface area contributed by atoms with Gasteiger partial charge in [0.1, 0.15) is 23.4 Å². The number of benzene rings is 1. The lowest BCUT2D eigenvalue weighted by Gasteiger charge is -2.36. The second-order valence-corrected chi connectivity index (χ2v) is 9.80. The van der Waals surface area contributed by atoms with Gasteiger partial charge in [-0.25, -0.2) is 27.9 Å². The number of rotatable bonds is 3. The van der Waals surface area contributed by atoms with Gasteiger partial charge in [0.05, 0.1) is 11.1 Å². The smallest absolute Gasteiger partial charge is 0.410 e. The van der Waals surface area contributed by atoms with Crippen LogP contribution in [0.25, 0.3) is 16.7 Å². The average Bonchev–Trinajstić information content (AvgIpc) is 3.56. The van der Waals surface area contributed by atoms with E-state index < -0.39 is 23.1 Å². The third-order valence-electron chi connectivity index (χ3n) is 6.09. The van der Waals surface area contributed by atoms with Crippen LogP contribution in [0.1, 0.15) is 45.1 Å². The first-order chi connectivity index (χ1) is 16.1. The summed E-state index contributed by atoms with van der Waals surface area (Å²) in [6, 6.07) is 1.94. The topological polar surface area (TPSA) is 63.5 Å². The first-order valence-corrected chi connectivity index (χ1v) is 11.4. The number of hydrogen-bond donors (Lipinski definition) is 0. The number of piperazine rings is 1. The van der Waals surface area contributed by atoms with Crippen LogP contribution in [-0.4, -0.2) is 57.3 Å². The lowest BCUT2D eigenvalue weighted by molar-refractivity contribution is 0.0240. The Labute approximate surface area is 195 Å². The third-order valence-corrected chi connectivity index (χ3v) is 6.09. The van der Waals surface area contributed by atoms with Crippen LogP contribution in [0.5, 0.6) is 0 Å². The molecule has 1 aliphatic carbocycles. The molecular formula is C24H26F3N5O2. The molecule has 34 heavy (non-hydrogen) atoms. The monoisotopic (exact) mass is 473 g/mol. The number of amides is 1. The summed E-state index contributed by atoms with van der Waals surface area (Å²) in [5.74, 6) is -2.97. The summed E-state index contributed by atoms with van der Waals surface area (Å²) in [6.07, 6.45) is 4.91. The van der Waals surface area contributed by atoms with E-state index in [4.69, 9.17) is 4.74 Å². The molecule has 1 aromatic carbocycles. The van der Waals surface area contributed by atoms with E-state index in [0.29, 0.717) is 37.7 Å². The van der Waals surface area contributed by atoms with Gasteiger partial charge < -0.3 is 19.1 Å². The van der Waals surface area contributed by atoms with E-state index in [9.17, 15) is 18.0 Å². The fourth-order valence-electron chi connectivity index (χ4n) is 4.32. The molecule has 1 saturated carbocycles. The predicted octanol–water partition coefficient (Wildman–Crippen LogP) is 4.77. The summed E-state index contributed by atoms with van der Waals surface area (Å²) in [5, 5.41) is 0.820. The van der Waals surface area contributed by atoms with Gasteiger partial charge in [-0.2, -0.15) is 0 Å². The molecule has 2 aliphatic rings. The summed E-state index contributed by atoms with van der Waals surface area (Å²) in [7, 11) is 0. The average molecular weight is 473 g/mol. The first kappa shape index (κ1) is 22.5. The Morgan fingerprint density at radius 3 is 2.26 bits per heavy atom. The second kappa shape index (κ2) is 8.18. The Morgan fingerprint density at radius 2 is 1.68 bits per heavy atom. The second-order valence-electron chi connectivity index (χ2n) is 9.80. The molecule has 0 atom stereocenters. The molecule has 0 bridgehead atoms. The number of ether oxygens (including phenoxy) is 1. The fraction of sp³-hybridized carbons (Fsp3) is 0.458. The maximum absolute atomic E-state index is 14.0. The number of hydrogen-bond acceptors (Lipinski definition) is 5. The van der Waals surface area contributed by atoms with Crippen LogP contribution in [0.15, 0.2) is 24.7 Å². The van der Waals surface area contributed by atoms with Crippen molar-refractivity contribution in [1.82, 2.24) is 19.4 Å². The lowest BCUT2D eigenvalue weighted by atomic mass is 10.1. The predicted molar refractivity (Wildman–Crippen MR) is 121 cm³/mol. The van der Waals surface area contributed by atoms with Crippen molar-refractivity contribution in [3.63, 3.8) is 0 Å². The largest absolute Gasteiger partial charge is 0.444 e. The molecular weight excluding hydrogens is 447 g/mol. The summed E-state index contributed by atoms with van der Waals surface area (Å²) < 4.78 is 48.5. The molecule has 0 radical (unpaired) electrons. The molecule has 1 amide bonds. The maximum atomic E-state index is 14.0. The number of nitrogens with zero attached hydrogens (tertiary/aromatic N) is 5. The summed E-state index contributed by atoms with van der Waals surface area (Å²) in [5.41, 5.74) is 1.11. The number of carbonyl (C=O) groups is 1. The van der Waals surface area contributed by atoms with E-state index in [0.717, 1.165) is 41.7 Å². The van der Waals surface area contributed by atoms with Gasteiger partial charge in [0.15, 0.2) is 17.5 Å². The molecule has 5 rings (SSSR count). The van der Waals surface area contributed by atoms with E-state index in [1.54, 1.807) is 9.47 Å². The van der Waals surface area contributed by atoms with E-state index in [1.807, 2.05) is 27.0 Å². The van der Waals surface area contributed by atoms with Crippen molar-refractivity contribution in [3.05, 3.63) is 47.7 Å². The Bertz CT molecular complexity index is 1230. The van der Waals surface area contributed by atoms with Crippen LogP contribution in [-0.2, 0) is 4.74 Å². The summed E-state index contributed by atoms with van der Waals surface area (Å²) >= 11 is 0. The molecule has 2 fully saturated rings. The van der Waals surface area contributed by atoms with Crippen molar-refractivity contribution < 1.29 is 22.7 Å². The molecule has 3 aromatic rings. The molecule has 3 heterocycles. The standard InChI is InChI=1S/C24H26F3N5O2/c1-24(2,3)34-23(33)31-8-6-30(7-9-31)21-19-16(14-4-5-14)12-32(22(19)29-13-28-21)15-10-17(25)20(27)18(26)11-15/h10-14H,4-9H2,1-3H3. The zero-order valence-electron chi connectivity index (χ0n) is 19.3. The minimum Gasteiger partial charge on any atom is -0.444 e. The maximum Gasteiger partial charge on any atom is 0.410 e. The highest BCUT2D eigenvalue weighted by atomic mass is 19.2. The van der Waals surface area contributed by atoms with Crippen LogP contribution < -0.4 is 4.90 Å². The number of halogens is 3. The van der Waals surface area contributed by atoms with Crippen LogP contribution in [0, 0.1) is 17.5 Å². The van der Waals surface area contributed by atoms with Gasteiger partial charge in [-0.05, 0) is 45.1 Å². The molecule has 1 saturated heterocycles. The summed E-state index contributed by atoms with van der Waals surface area (Å²) in [4.78, 5) is 25.2. The minimum absolute atomic E-state index is 0.160. The number of anilines is 1. The Morgan fingerprint density at radius 1 is 1.03 bits per heavy atom. The normalized spacial score (nSPS) is 16.9. The summed E-state index contributed by atoms with van der Waals surface area (Å²) in [6.45, 7) is 7.58. The highest BCUT2D eigenvalue weighted by molar-refractivity contribution is 5.93. The van der Waals surface area contributed by atoms with Crippen molar-refractivity contribution in [2.24, 2.45) is 0 Å². The highest BCUT2D eigenvalue weighted by Gasteiger charge is 2.32. The van der Waals surface area contributed by atoms with Crippen molar-refractivity contribution in [3.8, 4) is 5.69 Å². The third kappa shape index (κ3) is 4.17.